The van der Waals surface area contributed by atoms with Gasteiger partial charge in [0.05, 0.1) is 19.8 Å². The van der Waals surface area contributed by atoms with E-state index < -0.39 is 6.29 Å². The molecule has 0 radical (unpaired) electrons. The summed E-state index contributed by atoms with van der Waals surface area (Å²) in [6.45, 7) is 3.63. The van der Waals surface area contributed by atoms with E-state index in [1.807, 2.05) is 6.92 Å². The maximum absolute atomic E-state index is 8.86. The summed E-state index contributed by atoms with van der Waals surface area (Å²) in [7, 11) is 0. The van der Waals surface area contributed by atoms with Crippen LogP contribution in [-0.4, -0.2) is 31.2 Å². The number of rotatable bonds is 0. The molecule has 1 fully saturated rings. The van der Waals surface area contributed by atoms with Gasteiger partial charge in [-0.2, -0.15) is 0 Å². The van der Waals surface area contributed by atoms with E-state index in [0.717, 1.165) is 0 Å². The molecule has 0 aromatic carbocycles. The molecule has 2 unspecified atom stereocenters. The van der Waals surface area contributed by atoms with Crippen LogP contribution in [0.15, 0.2) is 0 Å². The molecule has 3 heteroatoms. The maximum atomic E-state index is 8.86. The molecule has 0 saturated carbocycles. The van der Waals surface area contributed by atoms with Crippen LogP contribution in [0.25, 0.3) is 0 Å². The van der Waals surface area contributed by atoms with Crippen molar-refractivity contribution >= 4 is 0 Å². The van der Waals surface area contributed by atoms with Crippen molar-refractivity contribution in [3.05, 3.63) is 0 Å². The van der Waals surface area contributed by atoms with Crippen molar-refractivity contribution in [2.24, 2.45) is 5.92 Å². The van der Waals surface area contributed by atoms with Gasteiger partial charge in [0.1, 0.15) is 0 Å². The number of aliphatic hydroxyl groups excluding tert-OH is 1. The molecule has 1 heterocycles. The predicted molar refractivity (Wildman–Crippen MR) is 31.9 cm³/mol. The highest BCUT2D eigenvalue weighted by Gasteiger charge is 2.13. The minimum atomic E-state index is -0.713. The topological polar surface area (TPSA) is 38.7 Å². The minimum absolute atomic E-state index is 0.310. The Morgan fingerprint density at radius 3 is 2.89 bits per heavy atom. The Morgan fingerprint density at radius 2 is 2.11 bits per heavy atom. The number of ether oxygens (including phenoxy) is 2. The fourth-order valence-corrected chi connectivity index (χ4v) is 0.742. The third-order valence-corrected chi connectivity index (χ3v) is 1.24. The van der Waals surface area contributed by atoms with E-state index in [2.05, 4.69) is 0 Å². The first kappa shape index (κ1) is 6.99. The van der Waals surface area contributed by atoms with Gasteiger partial charge in [-0.15, -0.1) is 0 Å². The van der Waals surface area contributed by atoms with Crippen molar-refractivity contribution in [2.45, 2.75) is 13.2 Å². The molecule has 1 N–H and O–H groups in total. The summed E-state index contributed by atoms with van der Waals surface area (Å²) in [6, 6.07) is 0. The summed E-state index contributed by atoms with van der Waals surface area (Å²) >= 11 is 0. The van der Waals surface area contributed by atoms with Crippen molar-refractivity contribution in [3.63, 3.8) is 0 Å². The molecule has 0 aromatic heterocycles. The molecular weight excluding hydrogens is 120 g/mol. The Hall–Kier alpha value is -0.120. The van der Waals surface area contributed by atoms with Gasteiger partial charge in [-0.05, 0) is 0 Å². The first-order valence-corrected chi connectivity index (χ1v) is 3.16. The van der Waals surface area contributed by atoms with Gasteiger partial charge in [0.15, 0.2) is 6.29 Å². The number of aliphatic hydroxyl groups is 1. The Bertz CT molecular complexity index is 74.4. The summed E-state index contributed by atoms with van der Waals surface area (Å²) in [4.78, 5) is 0. The molecule has 1 saturated heterocycles. The van der Waals surface area contributed by atoms with E-state index in [4.69, 9.17) is 14.6 Å². The van der Waals surface area contributed by atoms with Gasteiger partial charge < -0.3 is 14.6 Å². The number of hydrogen-bond acceptors (Lipinski definition) is 3. The van der Waals surface area contributed by atoms with Crippen LogP contribution in [0.4, 0.5) is 0 Å². The fraction of sp³-hybridized carbons (Fsp3) is 1.00. The van der Waals surface area contributed by atoms with Gasteiger partial charge in [-0.3, -0.25) is 0 Å². The lowest BCUT2D eigenvalue weighted by atomic mass is 10.2. The van der Waals surface area contributed by atoms with Gasteiger partial charge >= 0.3 is 0 Å². The van der Waals surface area contributed by atoms with Crippen LogP contribution in [0, 0.1) is 5.92 Å². The highest BCUT2D eigenvalue weighted by molar-refractivity contribution is 4.53. The molecule has 0 amide bonds. The zero-order chi connectivity index (χ0) is 6.69. The van der Waals surface area contributed by atoms with Crippen LogP contribution in [0.1, 0.15) is 6.92 Å². The second kappa shape index (κ2) is 3.15. The van der Waals surface area contributed by atoms with Gasteiger partial charge in [0.2, 0.25) is 0 Å². The van der Waals surface area contributed by atoms with E-state index in [1.54, 1.807) is 0 Å². The lowest BCUT2D eigenvalue weighted by Gasteiger charge is -2.05. The van der Waals surface area contributed by atoms with Crippen LogP contribution in [-0.2, 0) is 9.47 Å². The lowest BCUT2D eigenvalue weighted by Crippen LogP contribution is -2.16. The van der Waals surface area contributed by atoms with Crippen molar-refractivity contribution in [1.29, 1.82) is 0 Å². The molecule has 2 atom stereocenters. The summed E-state index contributed by atoms with van der Waals surface area (Å²) in [6.07, 6.45) is -0.713. The van der Waals surface area contributed by atoms with E-state index in [1.165, 1.54) is 0 Å². The van der Waals surface area contributed by atoms with E-state index >= 15 is 0 Å². The monoisotopic (exact) mass is 132 g/mol. The molecule has 0 aromatic rings. The van der Waals surface area contributed by atoms with E-state index in [0.29, 0.717) is 25.7 Å². The maximum Gasteiger partial charge on any atom is 0.178 e. The molecule has 9 heavy (non-hydrogen) atoms. The third-order valence-electron chi connectivity index (χ3n) is 1.24. The lowest BCUT2D eigenvalue weighted by molar-refractivity contribution is -0.116. The highest BCUT2D eigenvalue weighted by Crippen LogP contribution is 2.04. The molecule has 1 rings (SSSR count). The summed E-state index contributed by atoms with van der Waals surface area (Å²) in [5, 5.41) is 8.86. The predicted octanol–water partition coefficient (Wildman–Crippen LogP) is -0.0123. The second-order valence-electron chi connectivity index (χ2n) is 2.43. The van der Waals surface area contributed by atoms with Crippen molar-refractivity contribution in [2.75, 3.05) is 19.8 Å². The minimum Gasteiger partial charge on any atom is -0.376 e. The zero-order valence-corrected chi connectivity index (χ0v) is 5.54. The third kappa shape index (κ3) is 2.30. The zero-order valence-electron chi connectivity index (χ0n) is 5.54. The Morgan fingerprint density at radius 1 is 1.33 bits per heavy atom. The van der Waals surface area contributed by atoms with Crippen LogP contribution >= 0.6 is 0 Å². The van der Waals surface area contributed by atoms with Crippen molar-refractivity contribution in [1.82, 2.24) is 0 Å². The van der Waals surface area contributed by atoms with Crippen LogP contribution in [0.5, 0.6) is 0 Å². The van der Waals surface area contributed by atoms with Gasteiger partial charge in [-0.25, -0.2) is 0 Å². The molecule has 3 nitrogen and oxygen atoms in total. The fourth-order valence-electron chi connectivity index (χ4n) is 0.742. The van der Waals surface area contributed by atoms with Gasteiger partial charge in [-0.1, -0.05) is 6.92 Å². The normalized spacial score (nSPS) is 38.0. The number of hydrogen-bond donors (Lipinski definition) is 1. The molecule has 1 aliphatic heterocycles. The molecule has 54 valence electrons. The summed E-state index contributed by atoms with van der Waals surface area (Å²) in [5.74, 6) is 0.405. The van der Waals surface area contributed by atoms with Crippen molar-refractivity contribution < 1.29 is 14.6 Å². The average molecular weight is 132 g/mol. The SMILES string of the molecule is CC1COCC(O)OC1. The first-order chi connectivity index (χ1) is 4.29. The molecule has 0 aliphatic carbocycles. The second-order valence-corrected chi connectivity index (χ2v) is 2.43. The largest absolute Gasteiger partial charge is 0.376 e. The van der Waals surface area contributed by atoms with Crippen LogP contribution in [0.2, 0.25) is 0 Å². The standard InChI is InChI=1S/C6H12O3/c1-5-2-8-4-6(7)9-3-5/h5-7H,2-4H2,1H3. The quantitative estimate of drug-likeness (QED) is 0.503. The van der Waals surface area contributed by atoms with E-state index in [-0.39, 0.29) is 0 Å². The van der Waals surface area contributed by atoms with Crippen molar-refractivity contribution in [3.8, 4) is 0 Å². The Labute approximate surface area is 54.6 Å². The van der Waals surface area contributed by atoms with Crippen LogP contribution in [0.3, 0.4) is 0 Å². The Balaban J connectivity index is 2.25. The summed E-state index contributed by atoms with van der Waals surface area (Å²) in [5.41, 5.74) is 0. The van der Waals surface area contributed by atoms with Gasteiger partial charge in [0, 0.05) is 5.92 Å². The smallest absolute Gasteiger partial charge is 0.178 e. The first-order valence-electron chi connectivity index (χ1n) is 3.16. The summed E-state index contributed by atoms with van der Waals surface area (Å²) < 4.78 is 9.99. The highest BCUT2D eigenvalue weighted by atomic mass is 16.6. The molecule has 1 aliphatic rings. The average Bonchev–Trinajstić information content (AvgIpc) is 1.97. The van der Waals surface area contributed by atoms with Crippen LogP contribution < -0.4 is 0 Å². The molecule has 0 bridgehead atoms. The van der Waals surface area contributed by atoms with Gasteiger partial charge in [0.25, 0.3) is 0 Å². The molecular formula is C6H12O3. The van der Waals surface area contributed by atoms with E-state index in [9.17, 15) is 0 Å². The molecule has 0 spiro atoms. The Kier molecular flexibility index (Phi) is 2.45.